The van der Waals surface area contributed by atoms with Crippen molar-refractivity contribution in [3.8, 4) is 22.5 Å². The molecule has 4 aromatic rings. The molecule has 0 unspecified atom stereocenters. The van der Waals surface area contributed by atoms with Crippen molar-refractivity contribution in [2.24, 2.45) is 14.1 Å². The van der Waals surface area contributed by atoms with Gasteiger partial charge in [0.2, 0.25) is 0 Å². The first-order valence-corrected chi connectivity index (χ1v) is 9.31. The molecule has 2 heterocycles. The van der Waals surface area contributed by atoms with E-state index in [1.807, 2.05) is 60.1 Å². The third-order valence-corrected chi connectivity index (χ3v) is 5.07. The minimum Gasteiger partial charge on any atom is -0.347 e. The summed E-state index contributed by atoms with van der Waals surface area (Å²) in [5.41, 5.74) is 9.06. The van der Waals surface area contributed by atoms with Gasteiger partial charge >= 0.3 is 21.1 Å². The molecule has 0 atom stereocenters. The van der Waals surface area contributed by atoms with Crippen molar-refractivity contribution in [2.75, 3.05) is 0 Å². The molecule has 0 saturated heterocycles. The summed E-state index contributed by atoms with van der Waals surface area (Å²) in [5, 5.41) is 0. The molecule has 29 heavy (non-hydrogen) atoms. The number of imidazole rings is 2. The first-order valence-electron chi connectivity index (χ1n) is 9.31. The summed E-state index contributed by atoms with van der Waals surface area (Å²) >= 11 is 0. The molecule has 0 saturated carbocycles. The number of rotatable bonds is 2. The second-order valence-electron chi connectivity index (χ2n) is 7.04. The Morgan fingerprint density at radius 2 is 1.07 bits per heavy atom. The Kier molecular flexibility index (Phi) is 7.75. The monoisotopic (exact) mass is 565 g/mol. The number of hydrogen-bond donors (Lipinski definition) is 0. The smallest absolute Gasteiger partial charge is 0.347 e. The average molecular weight is 566 g/mol. The third-order valence-electron chi connectivity index (χ3n) is 5.07. The molecule has 0 bridgehead atoms. The Hall–Kier alpha value is -2.45. The van der Waals surface area contributed by atoms with Gasteiger partial charge in [-0.1, -0.05) is 13.8 Å². The van der Waals surface area contributed by atoms with Gasteiger partial charge in [-0.3, -0.25) is 9.97 Å². The van der Waals surface area contributed by atoms with Crippen molar-refractivity contribution in [1.29, 1.82) is 0 Å². The summed E-state index contributed by atoms with van der Waals surface area (Å²) in [5.74, 6) is 0. The van der Waals surface area contributed by atoms with Crippen LogP contribution in [-0.4, -0.2) is 19.1 Å². The SMILES string of the molecule is Cc1ccc[c-]c1-c1ncn(C)c1C.Cc1ccc[c-]c1-c1ncn(C)c1C.[Pt+2]. The van der Waals surface area contributed by atoms with E-state index in [2.05, 4.69) is 61.9 Å². The van der Waals surface area contributed by atoms with E-state index in [0.29, 0.717) is 0 Å². The zero-order valence-corrected chi connectivity index (χ0v) is 20.0. The maximum absolute atomic E-state index is 4.38. The summed E-state index contributed by atoms with van der Waals surface area (Å²) in [6.45, 7) is 8.31. The van der Waals surface area contributed by atoms with Crippen molar-refractivity contribution < 1.29 is 21.1 Å². The van der Waals surface area contributed by atoms with Crippen LogP contribution in [0.4, 0.5) is 0 Å². The van der Waals surface area contributed by atoms with Gasteiger partial charge in [-0.2, -0.15) is 0 Å². The molecule has 0 fully saturated rings. The normalized spacial score (nSPS) is 10.1. The van der Waals surface area contributed by atoms with Crippen LogP contribution in [0.15, 0.2) is 49.1 Å². The molecule has 152 valence electrons. The quantitative estimate of drug-likeness (QED) is 0.321. The van der Waals surface area contributed by atoms with Crippen LogP contribution in [0.3, 0.4) is 0 Å². The maximum atomic E-state index is 4.38. The number of hydrogen-bond acceptors (Lipinski definition) is 2. The van der Waals surface area contributed by atoms with E-state index in [9.17, 15) is 0 Å². The number of aryl methyl sites for hydroxylation is 4. The number of aromatic nitrogens is 4. The van der Waals surface area contributed by atoms with Gasteiger partial charge in [0, 0.05) is 25.5 Å². The zero-order chi connectivity index (χ0) is 20.3. The minimum atomic E-state index is 0. The molecule has 0 radical (unpaired) electrons. The molecule has 4 nitrogen and oxygen atoms in total. The molecule has 0 spiro atoms. The fourth-order valence-electron chi connectivity index (χ4n) is 3.03. The molecule has 5 heteroatoms. The van der Waals surface area contributed by atoms with Crippen LogP contribution in [0.5, 0.6) is 0 Å². The molecule has 0 aliphatic rings. The predicted octanol–water partition coefficient (Wildman–Crippen LogP) is 5.01. The van der Waals surface area contributed by atoms with Gasteiger partial charge in [0.1, 0.15) is 0 Å². The predicted molar refractivity (Wildman–Crippen MR) is 114 cm³/mol. The molecule has 0 aliphatic carbocycles. The second kappa shape index (κ2) is 9.84. The number of nitrogens with zero attached hydrogens (tertiary/aromatic N) is 4. The van der Waals surface area contributed by atoms with E-state index in [1.165, 1.54) is 22.5 Å². The first kappa shape index (κ1) is 22.8. The molecule has 2 aromatic carbocycles. The van der Waals surface area contributed by atoms with Gasteiger partial charge < -0.3 is 9.13 Å². The fourth-order valence-corrected chi connectivity index (χ4v) is 3.03. The molecule has 2 aromatic heterocycles. The van der Waals surface area contributed by atoms with Crippen LogP contribution in [-0.2, 0) is 35.2 Å². The van der Waals surface area contributed by atoms with Gasteiger partial charge in [-0.05, 0) is 25.2 Å². The van der Waals surface area contributed by atoms with Crippen molar-refractivity contribution in [1.82, 2.24) is 19.1 Å². The fraction of sp³-hybridized carbons (Fsp3) is 0.250. The Morgan fingerprint density at radius 1 is 0.690 bits per heavy atom. The molecule has 0 aliphatic heterocycles. The average Bonchev–Trinajstić information content (AvgIpc) is 3.19. The van der Waals surface area contributed by atoms with Crippen LogP contribution in [0.25, 0.3) is 22.5 Å². The van der Waals surface area contributed by atoms with Gasteiger partial charge in [0.25, 0.3) is 0 Å². The Morgan fingerprint density at radius 3 is 1.34 bits per heavy atom. The Balaban J connectivity index is 0.000000200. The molecule has 0 amide bonds. The van der Waals surface area contributed by atoms with Crippen LogP contribution in [0.2, 0.25) is 0 Å². The van der Waals surface area contributed by atoms with Crippen LogP contribution >= 0.6 is 0 Å². The summed E-state index contributed by atoms with van der Waals surface area (Å²) < 4.78 is 4.05. The molecule has 4 rings (SSSR count). The van der Waals surface area contributed by atoms with E-state index in [0.717, 1.165) is 22.5 Å². The summed E-state index contributed by atoms with van der Waals surface area (Å²) in [6, 6.07) is 18.5. The number of benzene rings is 2. The van der Waals surface area contributed by atoms with Gasteiger partial charge in [0.15, 0.2) is 0 Å². The minimum absolute atomic E-state index is 0. The van der Waals surface area contributed by atoms with Gasteiger partial charge in [0.05, 0.1) is 12.7 Å². The molecule has 0 N–H and O–H groups in total. The van der Waals surface area contributed by atoms with Crippen molar-refractivity contribution in [3.05, 3.63) is 83.7 Å². The standard InChI is InChI=1S/2C12H13N2.Pt/c2*1-9-6-4-5-7-11(9)12-10(2)14(3)8-13-12;/h2*4-6,8H,1-3H3;/q2*-1;+2. The topological polar surface area (TPSA) is 35.6 Å². The summed E-state index contributed by atoms with van der Waals surface area (Å²) in [6.07, 6.45) is 3.68. The second-order valence-corrected chi connectivity index (χ2v) is 7.04. The van der Waals surface area contributed by atoms with Crippen LogP contribution < -0.4 is 0 Å². The van der Waals surface area contributed by atoms with Gasteiger partial charge in [-0.25, -0.2) is 0 Å². The van der Waals surface area contributed by atoms with E-state index in [-0.39, 0.29) is 21.1 Å². The molecular formula is C24H26N4Pt. The Bertz CT molecular complexity index is 1000. The van der Waals surface area contributed by atoms with E-state index < -0.39 is 0 Å². The summed E-state index contributed by atoms with van der Waals surface area (Å²) in [7, 11) is 4.01. The van der Waals surface area contributed by atoms with Crippen LogP contribution in [0, 0.1) is 39.8 Å². The van der Waals surface area contributed by atoms with Crippen LogP contribution in [0.1, 0.15) is 22.5 Å². The molecular weight excluding hydrogens is 539 g/mol. The third kappa shape index (κ3) is 4.94. The zero-order valence-electron chi connectivity index (χ0n) is 17.7. The van der Waals surface area contributed by atoms with E-state index in [1.54, 1.807) is 0 Å². The van der Waals surface area contributed by atoms with Crippen molar-refractivity contribution in [2.45, 2.75) is 27.7 Å². The summed E-state index contributed by atoms with van der Waals surface area (Å²) in [4.78, 5) is 8.76. The van der Waals surface area contributed by atoms with Crippen molar-refractivity contribution >= 4 is 0 Å². The largest absolute Gasteiger partial charge is 2.00 e. The Labute approximate surface area is 187 Å². The van der Waals surface area contributed by atoms with Crippen molar-refractivity contribution in [3.63, 3.8) is 0 Å². The van der Waals surface area contributed by atoms with E-state index in [4.69, 9.17) is 0 Å². The van der Waals surface area contributed by atoms with E-state index >= 15 is 0 Å². The first-order chi connectivity index (χ1) is 13.4. The maximum Gasteiger partial charge on any atom is 2.00 e. The van der Waals surface area contributed by atoms with Gasteiger partial charge in [-0.15, -0.1) is 70.8 Å².